The van der Waals surface area contributed by atoms with Crippen molar-refractivity contribution in [3.8, 4) is 5.75 Å². The second kappa shape index (κ2) is 9.23. The van der Waals surface area contributed by atoms with Crippen molar-refractivity contribution >= 4 is 45.0 Å². The van der Waals surface area contributed by atoms with E-state index in [1.54, 1.807) is 30.3 Å². The highest BCUT2D eigenvalue weighted by atomic mass is 35.5. The molecule has 1 heterocycles. The van der Waals surface area contributed by atoms with Crippen molar-refractivity contribution in [3.63, 3.8) is 0 Å². The van der Waals surface area contributed by atoms with E-state index in [9.17, 15) is 17.6 Å². The number of carbonyl (C=O) groups excluding carboxylic acids is 1. The van der Waals surface area contributed by atoms with Crippen LogP contribution < -0.4 is 14.4 Å². The Balaban J connectivity index is 1.56. The largest absolute Gasteiger partial charge is 0.476 e. The molecular weight excluding hydrogens is 439 g/mol. The maximum absolute atomic E-state index is 13.6. The number of nitrogens with one attached hydrogen (secondary N) is 1. The summed E-state index contributed by atoms with van der Waals surface area (Å²) in [6.07, 6.45) is 0.0899. The summed E-state index contributed by atoms with van der Waals surface area (Å²) in [5.74, 6) is 0.693. The number of fused-ring (bicyclic) bond motifs is 1. The van der Waals surface area contributed by atoms with Crippen LogP contribution in [0.15, 0.2) is 42.5 Å². The summed E-state index contributed by atoms with van der Waals surface area (Å²) in [5.41, 5.74) is 0.919. The third-order valence-corrected chi connectivity index (χ3v) is 6.63. The van der Waals surface area contributed by atoms with Gasteiger partial charge in [0.15, 0.2) is 6.10 Å². The average Bonchev–Trinajstić information content (AvgIpc) is 2.67. The average molecular weight is 459 g/mol. The van der Waals surface area contributed by atoms with Crippen molar-refractivity contribution in [2.45, 2.75) is 11.9 Å². The summed E-state index contributed by atoms with van der Waals surface area (Å²) in [6.45, 7) is 0.213. The molecule has 0 unspecified atom stereocenters. The van der Waals surface area contributed by atoms with Crippen LogP contribution in [0.2, 0.25) is 5.02 Å². The number of amides is 1. The van der Waals surface area contributed by atoms with Crippen LogP contribution in [0.4, 0.5) is 10.1 Å². The zero-order valence-electron chi connectivity index (χ0n) is 15.6. The first kappa shape index (κ1) is 21.7. The predicted molar refractivity (Wildman–Crippen MR) is 114 cm³/mol. The molecule has 0 saturated carbocycles. The summed E-state index contributed by atoms with van der Waals surface area (Å²) in [6, 6.07) is 11.2. The molecule has 0 spiro atoms. The van der Waals surface area contributed by atoms with Crippen LogP contribution in [-0.4, -0.2) is 45.5 Å². The minimum Gasteiger partial charge on any atom is -0.476 e. The molecule has 1 N–H and O–H groups in total. The summed E-state index contributed by atoms with van der Waals surface area (Å²) in [7, 11) is -3.61. The van der Waals surface area contributed by atoms with Crippen LogP contribution in [0, 0.1) is 5.82 Å². The zero-order chi connectivity index (χ0) is 21.0. The Hall–Kier alpha value is -1.97. The summed E-state index contributed by atoms with van der Waals surface area (Å²) >= 11 is 7.45. The molecule has 3 rings (SSSR count). The number of hydrogen-bond donors (Lipinski definition) is 1. The van der Waals surface area contributed by atoms with E-state index in [0.29, 0.717) is 34.3 Å². The van der Waals surface area contributed by atoms with Crippen LogP contribution in [0.1, 0.15) is 5.56 Å². The Morgan fingerprint density at radius 2 is 2.10 bits per heavy atom. The number of sulfonamides is 1. The summed E-state index contributed by atoms with van der Waals surface area (Å²) in [4.78, 5) is 12.5. The van der Waals surface area contributed by atoms with Crippen molar-refractivity contribution in [2.75, 3.05) is 29.4 Å². The van der Waals surface area contributed by atoms with Gasteiger partial charge in [-0.2, -0.15) is 11.8 Å². The number of carbonyl (C=O) groups is 1. The van der Waals surface area contributed by atoms with Crippen LogP contribution in [-0.2, 0) is 20.6 Å². The monoisotopic (exact) mass is 458 g/mol. The van der Waals surface area contributed by atoms with Gasteiger partial charge in [0.05, 0.1) is 18.5 Å². The number of nitrogens with zero attached hydrogens (tertiary/aromatic N) is 1. The number of anilines is 1. The molecule has 156 valence electrons. The number of rotatable bonds is 7. The van der Waals surface area contributed by atoms with Gasteiger partial charge in [0, 0.05) is 23.1 Å². The molecule has 6 nitrogen and oxygen atoms in total. The van der Waals surface area contributed by atoms with Crippen molar-refractivity contribution in [3.05, 3.63) is 58.9 Å². The van der Waals surface area contributed by atoms with E-state index < -0.39 is 22.0 Å². The lowest BCUT2D eigenvalue weighted by atomic mass is 10.2. The number of thioether (sulfide) groups is 1. The molecule has 1 amide bonds. The number of halogens is 2. The van der Waals surface area contributed by atoms with Crippen LogP contribution in [0.5, 0.6) is 5.75 Å². The number of ether oxygens (including phenoxy) is 1. The van der Waals surface area contributed by atoms with Crippen molar-refractivity contribution in [2.24, 2.45) is 0 Å². The molecule has 1 aliphatic rings. The molecule has 29 heavy (non-hydrogen) atoms. The lowest BCUT2D eigenvalue weighted by Crippen LogP contribution is -2.50. The quantitative estimate of drug-likeness (QED) is 0.645. The van der Waals surface area contributed by atoms with Crippen molar-refractivity contribution < 1.29 is 22.3 Å². The lowest BCUT2D eigenvalue weighted by Gasteiger charge is -2.34. The van der Waals surface area contributed by atoms with Crippen LogP contribution in [0.25, 0.3) is 0 Å². The van der Waals surface area contributed by atoms with Gasteiger partial charge in [0.25, 0.3) is 5.91 Å². The van der Waals surface area contributed by atoms with Crippen molar-refractivity contribution in [1.82, 2.24) is 5.32 Å². The van der Waals surface area contributed by atoms with E-state index >= 15 is 0 Å². The molecule has 0 bridgehead atoms. The summed E-state index contributed by atoms with van der Waals surface area (Å²) < 4.78 is 44.7. The Kier molecular flexibility index (Phi) is 6.92. The van der Waals surface area contributed by atoms with Gasteiger partial charge in [-0.1, -0.05) is 29.8 Å². The van der Waals surface area contributed by atoms with Gasteiger partial charge < -0.3 is 10.1 Å². The first-order valence-corrected chi connectivity index (χ1v) is 12.2. The molecule has 0 aromatic heterocycles. The highest BCUT2D eigenvalue weighted by molar-refractivity contribution is 7.98. The smallest absolute Gasteiger partial charge is 0.263 e. The summed E-state index contributed by atoms with van der Waals surface area (Å²) in [5, 5.41) is 3.11. The van der Waals surface area contributed by atoms with Gasteiger partial charge >= 0.3 is 0 Å². The van der Waals surface area contributed by atoms with E-state index in [1.807, 2.05) is 0 Å². The van der Waals surface area contributed by atoms with E-state index in [4.69, 9.17) is 16.3 Å². The van der Waals surface area contributed by atoms with Gasteiger partial charge in [-0.25, -0.2) is 12.8 Å². The van der Waals surface area contributed by atoms with E-state index in [0.717, 1.165) is 10.6 Å². The Morgan fingerprint density at radius 1 is 1.34 bits per heavy atom. The lowest BCUT2D eigenvalue weighted by molar-refractivity contribution is -0.127. The molecule has 10 heteroatoms. The molecular formula is C19H20ClFN2O4S2. The van der Waals surface area contributed by atoms with Crippen molar-refractivity contribution in [1.29, 1.82) is 0 Å². The van der Waals surface area contributed by atoms with Crippen LogP contribution >= 0.6 is 23.4 Å². The van der Waals surface area contributed by atoms with E-state index in [-0.39, 0.29) is 18.1 Å². The van der Waals surface area contributed by atoms with E-state index in [2.05, 4.69) is 5.32 Å². The van der Waals surface area contributed by atoms with Gasteiger partial charge in [0.1, 0.15) is 11.6 Å². The van der Waals surface area contributed by atoms with Crippen LogP contribution in [0.3, 0.4) is 0 Å². The molecule has 0 saturated heterocycles. The second-order valence-corrected chi connectivity index (χ2v) is 9.90. The third kappa shape index (κ3) is 5.55. The molecule has 1 aliphatic heterocycles. The predicted octanol–water partition coefficient (Wildman–Crippen LogP) is 3.06. The fourth-order valence-electron chi connectivity index (χ4n) is 2.83. The first-order valence-electron chi connectivity index (χ1n) is 8.78. The third-order valence-electron chi connectivity index (χ3n) is 4.24. The Labute approximate surface area is 178 Å². The maximum Gasteiger partial charge on any atom is 0.263 e. The maximum atomic E-state index is 13.6. The minimum absolute atomic E-state index is 0.139. The van der Waals surface area contributed by atoms with Gasteiger partial charge in [0.2, 0.25) is 10.0 Å². The van der Waals surface area contributed by atoms with E-state index in [1.165, 1.54) is 23.9 Å². The normalized spacial score (nSPS) is 16.1. The topological polar surface area (TPSA) is 75.7 Å². The Morgan fingerprint density at radius 3 is 2.83 bits per heavy atom. The standard InChI is InChI=1S/C19H20ClFN2O4S2/c1-29(25,26)23-11-18(27-17-7-6-14(20)10-16(17)23)19(24)22-8-9-28-12-13-4-2-3-5-15(13)21/h2-7,10,18H,8-9,11-12H2,1H3,(H,22,24)/t18-/m0/s1. The highest BCUT2D eigenvalue weighted by Gasteiger charge is 2.35. The number of benzene rings is 2. The molecule has 0 aliphatic carbocycles. The molecule has 1 atom stereocenters. The molecule has 0 fully saturated rings. The molecule has 0 radical (unpaired) electrons. The van der Waals surface area contributed by atoms with Gasteiger partial charge in [-0.05, 0) is 29.8 Å². The first-order chi connectivity index (χ1) is 13.8. The fraction of sp³-hybridized carbons (Fsp3) is 0.316. The zero-order valence-corrected chi connectivity index (χ0v) is 18.0. The number of hydrogen-bond acceptors (Lipinski definition) is 5. The Bertz CT molecular complexity index is 1000. The van der Waals surface area contributed by atoms with Gasteiger partial charge in [-0.15, -0.1) is 0 Å². The minimum atomic E-state index is -3.61. The van der Waals surface area contributed by atoms with Gasteiger partial charge in [-0.3, -0.25) is 9.10 Å². The SMILES string of the molecule is CS(=O)(=O)N1C[C@@H](C(=O)NCCSCc2ccccc2F)Oc2ccc(Cl)cc21. The molecule has 2 aromatic carbocycles. The second-order valence-electron chi connectivity index (χ2n) is 6.45. The highest BCUT2D eigenvalue weighted by Crippen LogP contribution is 2.37. The fourth-order valence-corrected chi connectivity index (χ4v) is 4.75. The molecule has 2 aromatic rings.